The third-order valence-corrected chi connectivity index (χ3v) is 7.63. The van der Waals surface area contributed by atoms with Gasteiger partial charge in [0, 0.05) is 22.7 Å². The van der Waals surface area contributed by atoms with Crippen molar-refractivity contribution < 1.29 is 14.4 Å². The van der Waals surface area contributed by atoms with E-state index in [1.54, 1.807) is 0 Å². The smallest absolute Gasteiger partial charge is 0.324 e. The van der Waals surface area contributed by atoms with Gasteiger partial charge in [-0.1, -0.05) is 87.5 Å². The van der Waals surface area contributed by atoms with Gasteiger partial charge in [0.2, 0.25) is 0 Å². The van der Waals surface area contributed by atoms with E-state index in [2.05, 4.69) is 43.4 Å². The minimum atomic E-state index is -3.96. The van der Waals surface area contributed by atoms with Gasteiger partial charge in [0.25, 0.3) is 0 Å². The molecule has 0 aliphatic carbocycles. The SMILES string of the molecule is CCCCCCc1ccc(-c2ccc(CNCCCP(=O)(O)O)nc2-c2cccc(Cl)c2)cc1CCC. The van der Waals surface area contributed by atoms with Gasteiger partial charge in [0.15, 0.2) is 0 Å². The molecular formula is C30H40ClN2O3P. The summed E-state index contributed by atoms with van der Waals surface area (Å²) in [5, 5.41) is 3.92. The van der Waals surface area contributed by atoms with Crippen molar-refractivity contribution >= 4 is 19.2 Å². The van der Waals surface area contributed by atoms with E-state index in [1.165, 1.54) is 36.8 Å². The first-order valence-electron chi connectivity index (χ1n) is 13.4. The lowest BCUT2D eigenvalue weighted by Gasteiger charge is -2.16. The number of nitrogens with zero attached hydrogens (tertiary/aromatic N) is 1. The minimum Gasteiger partial charge on any atom is -0.324 e. The molecule has 7 heteroatoms. The highest BCUT2D eigenvalue weighted by Crippen LogP contribution is 2.35. The summed E-state index contributed by atoms with van der Waals surface area (Å²) in [7, 11) is -3.96. The number of aryl methyl sites for hydroxylation is 2. The number of unbranched alkanes of at least 4 members (excludes halogenated alkanes) is 3. The first kappa shape index (κ1) is 29.5. The Balaban J connectivity index is 1.88. The van der Waals surface area contributed by atoms with E-state index in [9.17, 15) is 4.57 Å². The van der Waals surface area contributed by atoms with Crippen molar-refractivity contribution in [3.63, 3.8) is 0 Å². The molecule has 0 bridgehead atoms. The van der Waals surface area contributed by atoms with Crippen molar-refractivity contribution in [1.29, 1.82) is 0 Å². The molecule has 1 aromatic heterocycles. The number of benzene rings is 2. The van der Waals surface area contributed by atoms with Crippen molar-refractivity contribution in [2.24, 2.45) is 0 Å². The van der Waals surface area contributed by atoms with Crippen LogP contribution < -0.4 is 5.32 Å². The molecular weight excluding hydrogens is 503 g/mol. The highest BCUT2D eigenvalue weighted by Gasteiger charge is 2.14. The number of rotatable bonds is 15. The van der Waals surface area contributed by atoms with E-state index in [1.807, 2.05) is 30.3 Å². The van der Waals surface area contributed by atoms with Crippen molar-refractivity contribution in [2.45, 2.75) is 71.8 Å². The molecule has 0 fully saturated rings. The fourth-order valence-corrected chi connectivity index (χ4v) is 5.36. The van der Waals surface area contributed by atoms with Gasteiger partial charge in [0.05, 0.1) is 17.5 Å². The molecule has 0 spiro atoms. The topological polar surface area (TPSA) is 82.5 Å². The van der Waals surface area contributed by atoms with Gasteiger partial charge in [-0.25, -0.2) is 0 Å². The van der Waals surface area contributed by atoms with Crippen LogP contribution in [0.15, 0.2) is 54.6 Å². The number of hydrogen-bond acceptors (Lipinski definition) is 3. The van der Waals surface area contributed by atoms with Crippen molar-refractivity contribution in [2.75, 3.05) is 12.7 Å². The summed E-state index contributed by atoms with van der Waals surface area (Å²) in [6.07, 6.45) is 8.64. The van der Waals surface area contributed by atoms with Gasteiger partial charge < -0.3 is 15.1 Å². The maximum atomic E-state index is 11.1. The molecule has 0 aliphatic heterocycles. The van der Waals surface area contributed by atoms with Gasteiger partial charge in [-0.2, -0.15) is 0 Å². The molecule has 1 heterocycles. The Hall–Kier alpha value is -2.01. The zero-order valence-electron chi connectivity index (χ0n) is 22.0. The first-order chi connectivity index (χ1) is 17.8. The van der Waals surface area contributed by atoms with Crippen LogP contribution in [0.1, 0.15) is 69.2 Å². The lowest BCUT2D eigenvalue weighted by molar-refractivity contribution is 0.371. The van der Waals surface area contributed by atoms with Crippen molar-refractivity contribution in [3.05, 3.63) is 76.4 Å². The standard InChI is InChI=1S/C30H40ClN2O3P/c1-3-5-6-7-11-23-14-15-25(20-24(23)10-4-2)29-17-16-28(22-32-18-9-19-37(34,35)36)33-30(29)26-12-8-13-27(31)21-26/h8,12-17,20-21,32H,3-7,9-11,18-19,22H2,1-2H3,(H2,34,35,36). The summed E-state index contributed by atoms with van der Waals surface area (Å²) < 4.78 is 11.1. The lowest BCUT2D eigenvalue weighted by Crippen LogP contribution is -2.17. The van der Waals surface area contributed by atoms with E-state index >= 15 is 0 Å². The quantitative estimate of drug-likeness (QED) is 0.135. The number of hydrogen-bond donors (Lipinski definition) is 3. The van der Waals surface area contributed by atoms with Crippen LogP contribution in [0.4, 0.5) is 0 Å². The maximum Gasteiger partial charge on any atom is 0.325 e. The van der Waals surface area contributed by atoms with E-state index in [0.29, 0.717) is 24.5 Å². The first-order valence-corrected chi connectivity index (χ1v) is 15.6. The Morgan fingerprint density at radius 2 is 1.70 bits per heavy atom. The third kappa shape index (κ3) is 9.67. The molecule has 3 N–H and O–H groups in total. The van der Waals surface area contributed by atoms with Crippen LogP contribution in [0.3, 0.4) is 0 Å². The number of nitrogens with one attached hydrogen (secondary N) is 1. The summed E-state index contributed by atoms with van der Waals surface area (Å²) in [6.45, 7) is 5.51. The Kier molecular flexibility index (Phi) is 11.8. The van der Waals surface area contributed by atoms with Crippen molar-refractivity contribution in [3.8, 4) is 22.4 Å². The average Bonchev–Trinajstić information content (AvgIpc) is 2.86. The van der Waals surface area contributed by atoms with Crippen LogP contribution in [-0.2, 0) is 24.0 Å². The highest BCUT2D eigenvalue weighted by atomic mass is 35.5. The van der Waals surface area contributed by atoms with Gasteiger partial charge >= 0.3 is 7.60 Å². The second-order valence-corrected chi connectivity index (χ2v) is 11.9. The van der Waals surface area contributed by atoms with Crippen LogP contribution >= 0.6 is 19.2 Å². The zero-order chi connectivity index (χ0) is 26.7. The molecule has 0 unspecified atom stereocenters. The maximum absolute atomic E-state index is 11.1. The van der Waals surface area contributed by atoms with Crippen LogP contribution in [-0.4, -0.2) is 27.5 Å². The average molecular weight is 543 g/mol. The second-order valence-electron chi connectivity index (χ2n) is 9.67. The molecule has 0 saturated heterocycles. The Morgan fingerprint density at radius 3 is 2.43 bits per heavy atom. The monoisotopic (exact) mass is 542 g/mol. The fraction of sp³-hybridized carbons (Fsp3) is 0.433. The minimum absolute atomic E-state index is 0.116. The number of aromatic nitrogens is 1. The molecule has 3 rings (SSSR count). The van der Waals surface area contributed by atoms with E-state index in [-0.39, 0.29) is 6.16 Å². The van der Waals surface area contributed by atoms with Gasteiger partial charge in [-0.15, -0.1) is 0 Å². The number of halogens is 1. The van der Waals surface area contributed by atoms with Crippen molar-refractivity contribution in [1.82, 2.24) is 10.3 Å². The van der Waals surface area contributed by atoms with E-state index in [4.69, 9.17) is 26.4 Å². The van der Waals surface area contributed by atoms with Crippen LogP contribution in [0.5, 0.6) is 0 Å². The molecule has 200 valence electrons. The summed E-state index contributed by atoms with van der Waals surface area (Å²) in [6, 6.07) is 18.8. The summed E-state index contributed by atoms with van der Waals surface area (Å²) in [5.41, 5.74) is 7.82. The van der Waals surface area contributed by atoms with Crippen LogP contribution in [0.2, 0.25) is 5.02 Å². The molecule has 5 nitrogen and oxygen atoms in total. The predicted molar refractivity (Wildman–Crippen MR) is 155 cm³/mol. The van der Waals surface area contributed by atoms with E-state index < -0.39 is 7.60 Å². The normalized spacial score (nSPS) is 11.7. The molecule has 2 aromatic carbocycles. The highest BCUT2D eigenvalue weighted by molar-refractivity contribution is 7.51. The summed E-state index contributed by atoms with van der Waals surface area (Å²) in [5.74, 6) is 0. The molecule has 0 atom stereocenters. The predicted octanol–water partition coefficient (Wildman–Crippen LogP) is 7.80. The van der Waals surface area contributed by atoms with E-state index in [0.717, 1.165) is 47.3 Å². The molecule has 37 heavy (non-hydrogen) atoms. The number of pyridine rings is 1. The molecule has 3 aromatic rings. The van der Waals surface area contributed by atoms with Gasteiger partial charge in [-0.3, -0.25) is 9.55 Å². The van der Waals surface area contributed by atoms with Gasteiger partial charge in [0.1, 0.15) is 0 Å². The van der Waals surface area contributed by atoms with Crippen LogP contribution in [0.25, 0.3) is 22.4 Å². The molecule has 0 amide bonds. The molecule has 0 radical (unpaired) electrons. The summed E-state index contributed by atoms with van der Waals surface area (Å²) >= 11 is 6.34. The fourth-order valence-electron chi connectivity index (χ4n) is 4.59. The lowest BCUT2D eigenvalue weighted by atomic mass is 9.92. The Morgan fingerprint density at radius 1 is 0.865 bits per heavy atom. The third-order valence-electron chi connectivity index (χ3n) is 6.50. The summed E-state index contributed by atoms with van der Waals surface area (Å²) in [4.78, 5) is 23.1. The zero-order valence-corrected chi connectivity index (χ0v) is 23.7. The van der Waals surface area contributed by atoms with Gasteiger partial charge in [-0.05, 0) is 67.1 Å². The molecule has 0 saturated carbocycles. The second kappa shape index (κ2) is 14.8. The van der Waals surface area contributed by atoms with Crippen LogP contribution in [0, 0.1) is 0 Å². The Bertz CT molecular complexity index is 1200. The largest absolute Gasteiger partial charge is 0.325 e. The Labute approximate surface area is 226 Å². The molecule has 0 aliphatic rings.